The number of hydrogen-bond donors (Lipinski definition) is 1. The molecule has 0 spiro atoms. The molecule has 18 heavy (non-hydrogen) atoms. The smallest absolute Gasteiger partial charge is 0.247 e. The van der Waals surface area contributed by atoms with Gasteiger partial charge in [-0.05, 0) is 25.5 Å². The van der Waals surface area contributed by atoms with Gasteiger partial charge in [-0.25, -0.2) is 0 Å². The summed E-state index contributed by atoms with van der Waals surface area (Å²) < 4.78 is 5.61. The van der Waals surface area contributed by atoms with E-state index in [0.717, 1.165) is 12.0 Å². The molecule has 0 saturated carbocycles. The van der Waals surface area contributed by atoms with E-state index >= 15 is 0 Å². The van der Waals surface area contributed by atoms with Gasteiger partial charge in [0.1, 0.15) is 0 Å². The molecule has 2 aromatic rings. The molecule has 4 nitrogen and oxygen atoms in total. The normalized spacial score (nSPS) is 12.6. The maximum atomic E-state index is 5.61. The zero-order chi connectivity index (χ0) is 12.8. The molecular weight excluding hydrogens is 226 g/mol. The standard InChI is InChI=1S/C14H19N3O/c1-3-7-11(2)15-10-13-16-17-14(18-13)12-8-5-4-6-9-12/h4-6,8-9,11,15H,3,7,10H2,1-2H3/t11-/m0/s1. The fourth-order valence-corrected chi connectivity index (χ4v) is 1.82. The molecule has 0 radical (unpaired) electrons. The maximum absolute atomic E-state index is 5.61. The molecule has 0 bridgehead atoms. The Kier molecular flexibility index (Phi) is 4.47. The van der Waals surface area contributed by atoms with Crippen molar-refractivity contribution in [1.82, 2.24) is 15.5 Å². The second-order valence-corrected chi connectivity index (χ2v) is 4.44. The third kappa shape index (κ3) is 3.40. The van der Waals surface area contributed by atoms with Crippen LogP contribution in [0.25, 0.3) is 11.5 Å². The Balaban J connectivity index is 1.95. The molecule has 0 fully saturated rings. The third-order valence-corrected chi connectivity index (χ3v) is 2.81. The fraction of sp³-hybridized carbons (Fsp3) is 0.429. The van der Waals surface area contributed by atoms with Crippen LogP contribution in [0.2, 0.25) is 0 Å². The summed E-state index contributed by atoms with van der Waals surface area (Å²) in [6, 6.07) is 10.3. The summed E-state index contributed by atoms with van der Waals surface area (Å²) in [5.74, 6) is 1.22. The minimum Gasteiger partial charge on any atom is -0.419 e. The minimum atomic E-state index is 0.474. The number of benzene rings is 1. The van der Waals surface area contributed by atoms with Crippen LogP contribution in [0.15, 0.2) is 34.7 Å². The van der Waals surface area contributed by atoms with E-state index in [0.29, 0.717) is 24.4 Å². The van der Waals surface area contributed by atoms with Crippen LogP contribution in [-0.4, -0.2) is 16.2 Å². The van der Waals surface area contributed by atoms with Gasteiger partial charge >= 0.3 is 0 Å². The van der Waals surface area contributed by atoms with Gasteiger partial charge in [-0.15, -0.1) is 10.2 Å². The molecule has 96 valence electrons. The SMILES string of the molecule is CCC[C@H](C)NCc1nnc(-c2ccccc2)o1. The van der Waals surface area contributed by atoms with E-state index in [1.807, 2.05) is 30.3 Å². The first-order valence-electron chi connectivity index (χ1n) is 6.40. The van der Waals surface area contributed by atoms with Crippen LogP contribution in [0.5, 0.6) is 0 Å². The van der Waals surface area contributed by atoms with Gasteiger partial charge in [0.2, 0.25) is 11.8 Å². The first-order valence-corrected chi connectivity index (χ1v) is 6.40. The van der Waals surface area contributed by atoms with E-state index in [2.05, 4.69) is 29.4 Å². The number of rotatable bonds is 6. The summed E-state index contributed by atoms with van der Waals surface area (Å²) >= 11 is 0. The van der Waals surface area contributed by atoms with Gasteiger partial charge in [0.05, 0.1) is 6.54 Å². The molecule has 0 aliphatic rings. The Labute approximate surface area is 107 Å². The van der Waals surface area contributed by atoms with Crippen LogP contribution in [0, 0.1) is 0 Å². The third-order valence-electron chi connectivity index (χ3n) is 2.81. The minimum absolute atomic E-state index is 0.474. The topological polar surface area (TPSA) is 51.0 Å². The molecule has 0 unspecified atom stereocenters. The van der Waals surface area contributed by atoms with Crippen molar-refractivity contribution in [2.45, 2.75) is 39.3 Å². The highest BCUT2D eigenvalue weighted by Gasteiger charge is 2.08. The van der Waals surface area contributed by atoms with Gasteiger partial charge in [-0.3, -0.25) is 0 Å². The average molecular weight is 245 g/mol. The first kappa shape index (κ1) is 12.8. The quantitative estimate of drug-likeness (QED) is 0.850. The van der Waals surface area contributed by atoms with Crippen LogP contribution >= 0.6 is 0 Å². The summed E-state index contributed by atoms with van der Waals surface area (Å²) in [6.45, 7) is 4.97. The molecule has 1 aromatic heterocycles. The molecule has 1 aromatic carbocycles. The van der Waals surface area contributed by atoms with Crippen molar-refractivity contribution in [3.63, 3.8) is 0 Å². The molecule has 0 aliphatic heterocycles. The lowest BCUT2D eigenvalue weighted by Gasteiger charge is -2.09. The van der Waals surface area contributed by atoms with Crippen LogP contribution in [0.3, 0.4) is 0 Å². The van der Waals surface area contributed by atoms with E-state index < -0.39 is 0 Å². The van der Waals surface area contributed by atoms with Gasteiger partial charge in [0, 0.05) is 11.6 Å². The molecule has 4 heteroatoms. The zero-order valence-electron chi connectivity index (χ0n) is 10.9. The Hall–Kier alpha value is -1.68. The molecule has 1 atom stereocenters. The van der Waals surface area contributed by atoms with Crippen molar-refractivity contribution in [2.75, 3.05) is 0 Å². The Morgan fingerprint density at radius 2 is 2.00 bits per heavy atom. The van der Waals surface area contributed by atoms with Gasteiger partial charge in [-0.1, -0.05) is 31.5 Å². The molecule has 1 N–H and O–H groups in total. The Morgan fingerprint density at radius 1 is 1.22 bits per heavy atom. The van der Waals surface area contributed by atoms with Crippen molar-refractivity contribution >= 4 is 0 Å². The summed E-state index contributed by atoms with van der Waals surface area (Å²) in [5.41, 5.74) is 0.956. The van der Waals surface area contributed by atoms with Crippen molar-refractivity contribution in [3.05, 3.63) is 36.2 Å². The second kappa shape index (κ2) is 6.31. The van der Waals surface area contributed by atoms with Crippen LogP contribution in [0.4, 0.5) is 0 Å². The highest BCUT2D eigenvalue weighted by Crippen LogP contribution is 2.16. The van der Waals surface area contributed by atoms with Crippen molar-refractivity contribution in [2.24, 2.45) is 0 Å². The van der Waals surface area contributed by atoms with Crippen molar-refractivity contribution < 1.29 is 4.42 Å². The van der Waals surface area contributed by atoms with E-state index in [-0.39, 0.29) is 0 Å². The fourth-order valence-electron chi connectivity index (χ4n) is 1.82. The van der Waals surface area contributed by atoms with E-state index in [4.69, 9.17) is 4.42 Å². The number of hydrogen-bond acceptors (Lipinski definition) is 4. The second-order valence-electron chi connectivity index (χ2n) is 4.44. The Bertz CT molecular complexity index is 467. The molecule has 1 heterocycles. The molecule has 0 amide bonds. The van der Waals surface area contributed by atoms with Gasteiger partial charge in [0.15, 0.2) is 0 Å². The summed E-state index contributed by atoms with van der Waals surface area (Å²) in [4.78, 5) is 0. The molecule has 0 aliphatic carbocycles. The van der Waals surface area contributed by atoms with Crippen molar-refractivity contribution in [3.8, 4) is 11.5 Å². The van der Waals surface area contributed by atoms with E-state index in [1.54, 1.807) is 0 Å². The first-order chi connectivity index (χ1) is 8.79. The predicted octanol–water partition coefficient (Wildman–Crippen LogP) is 3.01. The maximum Gasteiger partial charge on any atom is 0.247 e. The number of nitrogens with one attached hydrogen (secondary N) is 1. The highest BCUT2D eigenvalue weighted by atomic mass is 16.4. The van der Waals surface area contributed by atoms with Crippen LogP contribution < -0.4 is 5.32 Å². The van der Waals surface area contributed by atoms with E-state index in [9.17, 15) is 0 Å². The molecule has 2 rings (SSSR count). The number of aromatic nitrogens is 2. The van der Waals surface area contributed by atoms with E-state index in [1.165, 1.54) is 6.42 Å². The van der Waals surface area contributed by atoms with Crippen molar-refractivity contribution in [1.29, 1.82) is 0 Å². The summed E-state index contributed by atoms with van der Waals surface area (Å²) in [5, 5.41) is 11.5. The summed E-state index contributed by atoms with van der Waals surface area (Å²) in [6.07, 6.45) is 2.33. The zero-order valence-corrected chi connectivity index (χ0v) is 10.9. The lowest BCUT2D eigenvalue weighted by molar-refractivity contribution is 0.436. The van der Waals surface area contributed by atoms with Gasteiger partial charge < -0.3 is 9.73 Å². The molecular formula is C14H19N3O. The monoisotopic (exact) mass is 245 g/mol. The van der Waals surface area contributed by atoms with Gasteiger partial charge in [-0.2, -0.15) is 0 Å². The number of nitrogens with zero attached hydrogens (tertiary/aromatic N) is 2. The van der Waals surface area contributed by atoms with Gasteiger partial charge in [0.25, 0.3) is 0 Å². The summed E-state index contributed by atoms with van der Waals surface area (Å²) in [7, 11) is 0. The Morgan fingerprint density at radius 3 is 2.72 bits per heavy atom. The predicted molar refractivity (Wildman–Crippen MR) is 70.9 cm³/mol. The molecule has 0 saturated heterocycles. The lowest BCUT2D eigenvalue weighted by atomic mass is 10.2. The highest BCUT2D eigenvalue weighted by molar-refractivity contribution is 5.51. The average Bonchev–Trinajstić information content (AvgIpc) is 2.87. The largest absolute Gasteiger partial charge is 0.419 e. The van der Waals surface area contributed by atoms with Crippen LogP contribution in [0.1, 0.15) is 32.6 Å². The lowest BCUT2D eigenvalue weighted by Crippen LogP contribution is -2.25. The van der Waals surface area contributed by atoms with Crippen LogP contribution in [-0.2, 0) is 6.54 Å².